The lowest BCUT2D eigenvalue weighted by Gasteiger charge is -2.14. The number of aldehydes is 1. The lowest BCUT2D eigenvalue weighted by molar-refractivity contribution is -0.384. The lowest BCUT2D eigenvalue weighted by atomic mass is 10.0. The Balaban J connectivity index is 2.40. The first-order valence-corrected chi connectivity index (χ1v) is 6.53. The van der Waals surface area contributed by atoms with Gasteiger partial charge in [-0.15, -0.1) is 0 Å². The molecule has 5 heteroatoms. The zero-order chi connectivity index (χ0) is 15.4. The molecule has 2 aromatic rings. The second-order valence-corrected chi connectivity index (χ2v) is 4.89. The van der Waals surface area contributed by atoms with Crippen LogP contribution in [0.25, 0.3) is 0 Å². The van der Waals surface area contributed by atoms with Gasteiger partial charge in [0.2, 0.25) is 0 Å². The molecule has 0 fully saturated rings. The first-order chi connectivity index (χ1) is 10.0. The van der Waals surface area contributed by atoms with Crippen molar-refractivity contribution in [2.75, 3.05) is 0 Å². The van der Waals surface area contributed by atoms with Crippen molar-refractivity contribution in [2.24, 2.45) is 0 Å². The molecule has 21 heavy (non-hydrogen) atoms. The van der Waals surface area contributed by atoms with Gasteiger partial charge in [0.1, 0.15) is 11.5 Å². The molecule has 0 N–H and O–H groups in total. The van der Waals surface area contributed by atoms with Crippen LogP contribution < -0.4 is 4.74 Å². The maximum absolute atomic E-state index is 11.1. The van der Waals surface area contributed by atoms with E-state index in [9.17, 15) is 14.9 Å². The van der Waals surface area contributed by atoms with Crippen LogP contribution in [-0.2, 0) is 0 Å². The van der Waals surface area contributed by atoms with E-state index in [0.717, 1.165) is 5.56 Å². The number of hydrogen-bond donors (Lipinski definition) is 0. The summed E-state index contributed by atoms with van der Waals surface area (Å²) < 4.78 is 5.77. The third-order valence-electron chi connectivity index (χ3n) is 3.09. The maximum atomic E-state index is 11.1. The van der Waals surface area contributed by atoms with Gasteiger partial charge in [-0.2, -0.15) is 0 Å². The van der Waals surface area contributed by atoms with Gasteiger partial charge in [-0.25, -0.2) is 0 Å². The van der Waals surface area contributed by atoms with Crippen LogP contribution in [0.2, 0.25) is 0 Å². The van der Waals surface area contributed by atoms with Crippen molar-refractivity contribution in [1.82, 2.24) is 0 Å². The van der Waals surface area contributed by atoms with Gasteiger partial charge >= 0.3 is 0 Å². The van der Waals surface area contributed by atoms with E-state index < -0.39 is 4.92 Å². The van der Waals surface area contributed by atoms with E-state index in [2.05, 4.69) is 0 Å². The topological polar surface area (TPSA) is 69.4 Å². The van der Waals surface area contributed by atoms with E-state index in [1.165, 1.54) is 18.2 Å². The molecular formula is C16H15NO4. The van der Waals surface area contributed by atoms with Crippen molar-refractivity contribution in [3.63, 3.8) is 0 Å². The summed E-state index contributed by atoms with van der Waals surface area (Å²) in [5, 5.41) is 10.7. The number of nitrogens with zero attached hydrogens (tertiary/aromatic N) is 1. The highest BCUT2D eigenvalue weighted by molar-refractivity contribution is 5.81. The molecule has 108 valence electrons. The Morgan fingerprint density at radius 3 is 2.48 bits per heavy atom. The van der Waals surface area contributed by atoms with Crippen molar-refractivity contribution in [2.45, 2.75) is 19.8 Å². The van der Waals surface area contributed by atoms with Crippen LogP contribution in [0.15, 0.2) is 42.5 Å². The number of nitro groups is 1. The minimum Gasteiger partial charge on any atom is -0.456 e. The summed E-state index contributed by atoms with van der Waals surface area (Å²) in [7, 11) is 0. The molecule has 2 rings (SSSR count). The Morgan fingerprint density at radius 1 is 1.14 bits per heavy atom. The minimum absolute atomic E-state index is 0.137. The van der Waals surface area contributed by atoms with Gasteiger partial charge < -0.3 is 4.74 Å². The van der Waals surface area contributed by atoms with Crippen LogP contribution in [0.5, 0.6) is 11.5 Å². The number of rotatable bonds is 5. The molecule has 0 spiro atoms. The predicted octanol–water partition coefficient (Wildman–Crippen LogP) is 4.32. The second kappa shape index (κ2) is 6.17. The first-order valence-electron chi connectivity index (χ1n) is 6.53. The molecule has 0 atom stereocenters. The molecule has 0 unspecified atom stereocenters. The molecular weight excluding hydrogens is 270 g/mol. The fourth-order valence-corrected chi connectivity index (χ4v) is 2.00. The van der Waals surface area contributed by atoms with Crippen LogP contribution in [0.3, 0.4) is 0 Å². The van der Waals surface area contributed by atoms with Crippen molar-refractivity contribution < 1.29 is 14.5 Å². The fourth-order valence-electron chi connectivity index (χ4n) is 2.00. The Kier molecular flexibility index (Phi) is 4.33. The number of carbonyl (C=O) groups is 1. The van der Waals surface area contributed by atoms with E-state index in [0.29, 0.717) is 17.8 Å². The van der Waals surface area contributed by atoms with Crippen LogP contribution in [0, 0.1) is 10.1 Å². The predicted molar refractivity (Wildman–Crippen MR) is 79.1 cm³/mol. The Hall–Kier alpha value is -2.69. The molecule has 0 aliphatic heterocycles. The van der Waals surface area contributed by atoms with Gasteiger partial charge in [0.05, 0.1) is 10.5 Å². The Morgan fingerprint density at radius 2 is 1.86 bits per heavy atom. The zero-order valence-corrected chi connectivity index (χ0v) is 11.8. The highest BCUT2D eigenvalue weighted by Crippen LogP contribution is 2.32. The number of benzene rings is 2. The molecule has 2 aromatic carbocycles. The average Bonchev–Trinajstić information content (AvgIpc) is 2.47. The molecule has 0 aromatic heterocycles. The third kappa shape index (κ3) is 3.25. The third-order valence-corrected chi connectivity index (χ3v) is 3.09. The number of para-hydroxylation sites is 1. The molecule has 0 saturated carbocycles. The summed E-state index contributed by atoms with van der Waals surface area (Å²) in [4.78, 5) is 21.3. The zero-order valence-electron chi connectivity index (χ0n) is 11.8. The number of ether oxygens (including phenoxy) is 1. The molecule has 0 amide bonds. The molecule has 0 heterocycles. The Labute approximate surface area is 122 Å². The molecule has 0 saturated heterocycles. The standard InChI is InChI=1S/C16H15NO4/c1-11(2)14-5-3-4-6-16(14)21-15-8-7-13(17(19)20)9-12(15)10-18/h3-11H,1-2H3. The highest BCUT2D eigenvalue weighted by atomic mass is 16.6. The van der Waals surface area contributed by atoms with Crippen molar-refractivity contribution in [1.29, 1.82) is 0 Å². The van der Waals surface area contributed by atoms with Gasteiger partial charge in [-0.05, 0) is 23.6 Å². The van der Waals surface area contributed by atoms with Crippen molar-refractivity contribution in [3.05, 3.63) is 63.7 Å². The lowest BCUT2D eigenvalue weighted by Crippen LogP contribution is -1.97. The van der Waals surface area contributed by atoms with Gasteiger partial charge in [0.15, 0.2) is 6.29 Å². The first kappa shape index (κ1) is 14.7. The SMILES string of the molecule is CC(C)c1ccccc1Oc1ccc([N+](=O)[O-])cc1C=O. The normalized spacial score (nSPS) is 10.4. The second-order valence-electron chi connectivity index (χ2n) is 4.89. The van der Waals surface area contributed by atoms with Gasteiger partial charge in [0, 0.05) is 12.1 Å². The number of nitro benzene ring substituents is 1. The van der Waals surface area contributed by atoms with Crippen molar-refractivity contribution in [3.8, 4) is 11.5 Å². The summed E-state index contributed by atoms with van der Waals surface area (Å²) in [6, 6.07) is 11.5. The summed E-state index contributed by atoms with van der Waals surface area (Å²) in [6.07, 6.45) is 0.556. The van der Waals surface area contributed by atoms with Crippen LogP contribution in [0.1, 0.15) is 35.7 Å². The summed E-state index contributed by atoms with van der Waals surface area (Å²) in [5.74, 6) is 1.21. The van der Waals surface area contributed by atoms with Crippen LogP contribution >= 0.6 is 0 Å². The van der Waals surface area contributed by atoms with Crippen molar-refractivity contribution >= 4 is 12.0 Å². The van der Waals surface area contributed by atoms with Gasteiger partial charge in [-0.1, -0.05) is 32.0 Å². The van der Waals surface area contributed by atoms with Gasteiger partial charge in [-0.3, -0.25) is 14.9 Å². The molecule has 0 bridgehead atoms. The molecule has 0 aliphatic carbocycles. The number of carbonyl (C=O) groups excluding carboxylic acids is 1. The fraction of sp³-hybridized carbons (Fsp3) is 0.188. The summed E-state index contributed by atoms with van der Waals surface area (Å²) in [5.41, 5.74) is 1.03. The Bertz CT molecular complexity index is 680. The summed E-state index contributed by atoms with van der Waals surface area (Å²) in [6.45, 7) is 4.08. The largest absolute Gasteiger partial charge is 0.456 e. The van der Waals surface area contributed by atoms with E-state index in [4.69, 9.17) is 4.74 Å². The van der Waals surface area contributed by atoms with Crippen LogP contribution in [-0.4, -0.2) is 11.2 Å². The minimum atomic E-state index is -0.543. The van der Waals surface area contributed by atoms with Crippen LogP contribution in [0.4, 0.5) is 5.69 Å². The van der Waals surface area contributed by atoms with E-state index in [1.807, 2.05) is 38.1 Å². The molecule has 0 radical (unpaired) electrons. The summed E-state index contributed by atoms with van der Waals surface area (Å²) >= 11 is 0. The maximum Gasteiger partial charge on any atom is 0.270 e. The van der Waals surface area contributed by atoms with E-state index >= 15 is 0 Å². The quantitative estimate of drug-likeness (QED) is 0.466. The number of non-ortho nitro benzene ring substituents is 1. The average molecular weight is 285 g/mol. The monoisotopic (exact) mass is 285 g/mol. The number of hydrogen-bond acceptors (Lipinski definition) is 4. The molecule has 5 nitrogen and oxygen atoms in total. The smallest absolute Gasteiger partial charge is 0.270 e. The van der Waals surface area contributed by atoms with E-state index in [1.54, 1.807) is 0 Å². The highest BCUT2D eigenvalue weighted by Gasteiger charge is 2.14. The van der Waals surface area contributed by atoms with E-state index in [-0.39, 0.29) is 17.2 Å². The van der Waals surface area contributed by atoms with Gasteiger partial charge in [0.25, 0.3) is 5.69 Å². The molecule has 0 aliphatic rings.